The molecule has 28 heavy (non-hydrogen) atoms. The molecule has 0 aromatic rings. The molecule has 0 aromatic heterocycles. The molecule has 0 spiro atoms. The average molecular weight is 401 g/mol. The molecule has 1 fully saturated rings. The summed E-state index contributed by atoms with van der Waals surface area (Å²) in [6.07, 6.45) is 17.7. The molecule has 1 heterocycles. The summed E-state index contributed by atoms with van der Waals surface area (Å²) in [6.45, 7) is 3.02. The molecule has 5 heteroatoms. The molecule has 166 valence electrons. The van der Waals surface area contributed by atoms with Crippen molar-refractivity contribution in [3.8, 4) is 0 Å². The van der Waals surface area contributed by atoms with E-state index in [0.29, 0.717) is 6.61 Å². The first-order valence-corrected chi connectivity index (χ1v) is 11.5. The molecular weight excluding hydrogens is 356 g/mol. The maximum atomic E-state index is 9.93. The minimum absolute atomic E-state index is 0.0622. The fourth-order valence-corrected chi connectivity index (χ4v) is 3.55. The second kappa shape index (κ2) is 17.4. The topological polar surface area (TPSA) is 79.2 Å². The van der Waals surface area contributed by atoms with Crippen LogP contribution in [-0.2, 0) is 9.47 Å². The highest BCUT2D eigenvalue weighted by atomic mass is 16.5. The van der Waals surface area contributed by atoms with Gasteiger partial charge < -0.3 is 24.8 Å². The Morgan fingerprint density at radius 3 is 2.04 bits per heavy atom. The molecule has 1 aliphatic heterocycles. The van der Waals surface area contributed by atoms with E-state index in [1.165, 1.54) is 64.2 Å². The standard InChI is InChI=1S/C23H44O5/c1-2-3-4-5-6-7-8-9-10-11-12-13-14-15-16-17-27-18-21(25)23-22(26)20(24)19-28-23/h13-14,20-26H,2-12,15-19H2,1H3/b14-13+/t20-,21+,22-,23-/m0/s1. The molecule has 1 saturated heterocycles. The Bertz CT molecular complexity index is 374. The lowest BCUT2D eigenvalue weighted by molar-refractivity contribution is -0.0811. The highest BCUT2D eigenvalue weighted by Gasteiger charge is 2.39. The fraction of sp³-hybridized carbons (Fsp3) is 0.913. The maximum Gasteiger partial charge on any atom is 0.114 e. The highest BCUT2D eigenvalue weighted by Crippen LogP contribution is 2.18. The molecule has 0 unspecified atom stereocenters. The summed E-state index contributed by atoms with van der Waals surface area (Å²) in [5, 5.41) is 29.0. The number of rotatable bonds is 18. The highest BCUT2D eigenvalue weighted by molar-refractivity contribution is 4.87. The summed E-state index contributed by atoms with van der Waals surface area (Å²) in [4.78, 5) is 0. The van der Waals surface area contributed by atoms with Crippen molar-refractivity contribution in [1.29, 1.82) is 0 Å². The third-order valence-electron chi connectivity index (χ3n) is 5.41. The van der Waals surface area contributed by atoms with E-state index in [4.69, 9.17) is 9.47 Å². The number of ether oxygens (including phenoxy) is 2. The Balaban J connectivity index is 1.81. The van der Waals surface area contributed by atoms with Gasteiger partial charge in [-0.2, -0.15) is 0 Å². The summed E-state index contributed by atoms with van der Waals surface area (Å²) in [5.74, 6) is 0. The number of aliphatic hydroxyl groups is 3. The first kappa shape index (κ1) is 25.6. The zero-order chi connectivity index (χ0) is 20.5. The quantitative estimate of drug-likeness (QED) is 0.238. The average Bonchev–Trinajstić information content (AvgIpc) is 3.03. The van der Waals surface area contributed by atoms with E-state index in [0.717, 1.165) is 19.3 Å². The number of unbranched alkanes of at least 4 members (excludes halogenated alkanes) is 11. The van der Waals surface area contributed by atoms with Crippen LogP contribution in [0.3, 0.4) is 0 Å². The van der Waals surface area contributed by atoms with Gasteiger partial charge in [0.2, 0.25) is 0 Å². The van der Waals surface area contributed by atoms with Crippen LogP contribution in [0.5, 0.6) is 0 Å². The first-order valence-electron chi connectivity index (χ1n) is 11.5. The van der Waals surface area contributed by atoms with E-state index in [9.17, 15) is 15.3 Å². The largest absolute Gasteiger partial charge is 0.388 e. The van der Waals surface area contributed by atoms with Crippen molar-refractivity contribution in [2.24, 2.45) is 0 Å². The SMILES string of the molecule is CCCCCCCCCCCC/C=C/CCCOC[C@@H](O)[C@@H]1OC[C@H](O)[C@@H]1O. The van der Waals surface area contributed by atoms with Gasteiger partial charge in [0.1, 0.15) is 24.4 Å². The molecule has 0 aliphatic carbocycles. The van der Waals surface area contributed by atoms with Crippen LogP contribution in [0.1, 0.15) is 90.4 Å². The minimum atomic E-state index is -1.03. The number of hydrogen-bond acceptors (Lipinski definition) is 5. The Morgan fingerprint density at radius 2 is 1.46 bits per heavy atom. The van der Waals surface area contributed by atoms with E-state index < -0.39 is 24.4 Å². The number of aliphatic hydroxyl groups excluding tert-OH is 3. The molecule has 0 radical (unpaired) electrons. The van der Waals surface area contributed by atoms with Crippen LogP contribution in [-0.4, -0.2) is 59.6 Å². The van der Waals surface area contributed by atoms with Crippen LogP contribution in [0.4, 0.5) is 0 Å². The van der Waals surface area contributed by atoms with Crippen LogP contribution in [0.25, 0.3) is 0 Å². The molecule has 0 aromatic carbocycles. The van der Waals surface area contributed by atoms with Crippen LogP contribution < -0.4 is 0 Å². The summed E-state index contributed by atoms with van der Waals surface area (Å²) in [5.41, 5.74) is 0. The van der Waals surface area contributed by atoms with Crippen molar-refractivity contribution in [3.63, 3.8) is 0 Å². The number of hydrogen-bond donors (Lipinski definition) is 3. The molecule has 1 aliphatic rings. The van der Waals surface area contributed by atoms with E-state index >= 15 is 0 Å². The monoisotopic (exact) mass is 400 g/mol. The predicted octanol–water partition coefficient (Wildman–Crippen LogP) is 4.13. The van der Waals surface area contributed by atoms with Crippen molar-refractivity contribution in [2.75, 3.05) is 19.8 Å². The summed E-state index contributed by atoms with van der Waals surface area (Å²) in [6, 6.07) is 0. The smallest absolute Gasteiger partial charge is 0.114 e. The lowest BCUT2D eigenvalue weighted by Gasteiger charge is -2.20. The minimum Gasteiger partial charge on any atom is -0.388 e. The van der Waals surface area contributed by atoms with E-state index in [-0.39, 0.29) is 13.2 Å². The molecule has 3 N–H and O–H groups in total. The number of allylic oxidation sites excluding steroid dienone is 2. The molecule has 1 rings (SSSR count). The van der Waals surface area contributed by atoms with Crippen molar-refractivity contribution in [2.45, 2.75) is 115 Å². The summed E-state index contributed by atoms with van der Waals surface area (Å²) in [7, 11) is 0. The van der Waals surface area contributed by atoms with Gasteiger partial charge in [-0.3, -0.25) is 0 Å². The van der Waals surface area contributed by atoms with Crippen molar-refractivity contribution >= 4 is 0 Å². The zero-order valence-corrected chi connectivity index (χ0v) is 17.9. The molecular formula is C23H44O5. The van der Waals surface area contributed by atoms with Gasteiger partial charge in [0, 0.05) is 6.61 Å². The molecule has 0 saturated carbocycles. The molecule has 4 atom stereocenters. The van der Waals surface area contributed by atoms with E-state index in [2.05, 4.69) is 19.1 Å². The first-order chi connectivity index (χ1) is 13.7. The van der Waals surface area contributed by atoms with Crippen molar-refractivity contribution in [3.05, 3.63) is 12.2 Å². The van der Waals surface area contributed by atoms with Gasteiger partial charge in [0.25, 0.3) is 0 Å². The summed E-state index contributed by atoms with van der Waals surface area (Å²) >= 11 is 0. The second-order valence-corrected chi connectivity index (χ2v) is 8.08. The van der Waals surface area contributed by atoms with Crippen LogP contribution in [0.15, 0.2) is 12.2 Å². The van der Waals surface area contributed by atoms with Gasteiger partial charge in [-0.05, 0) is 25.7 Å². The normalized spacial score (nSPS) is 23.6. The van der Waals surface area contributed by atoms with Crippen LogP contribution in [0, 0.1) is 0 Å². The zero-order valence-electron chi connectivity index (χ0n) is 17.9. The van der Waals surface area contributed by atoms with Gasteiger partial charge >= 0.3 is 0 Å². The third-order valence-corrected chi connectivity index (χ3v) is 5.41. The van der Waals surface area contributed by atoms with Gasteiger partial charge in [0.15, 0.2) is 0 Å². The molecule has 5 nitrogen and oxygen atoms in total. The van der Waals surface area contributed by atoms with E-state index in [1.54, 1.807) is 0 Å². The molecule has 0 bridgehead atoms. The lowest BCUT2D eigenvalue weighted by Crippen LogP contribution is -2.40. The van der Waals surface area contributed by atoms with E-state index in [1.807, 2.05) is 0 Å². The van der Waals surface area contributed by atoms with Gasteiger partial charge in [-0.1, -0.05) is 76.9 Å². The van der Waals surface area contributed by atoms with Gasteiger partial charge in [0.05, 0.1) is 13.2 Å². The summed E-state index contributed by atoms with van der Waals surface area (Å²) < 4.78 is 10.6. The second-order valence-electron chi connectivity index (χ2n) is 8.08. The Labute approximate surface area is 172 Å². The van der Waals surface area contributed by atoms with Gasteiger partial charge in [-0.15, -0.1) is 0 Å². The lowest BCUT2D eigenvalue weighted by atomic mass is 10.1. The van der Waals surface area contributed by atoms with Crippen LogP contribution >= 0.6 is 0 Å². The van der Waals surface area contributed by atoms with Crippen LogP contribution in [0.2, 0.25) is 0 Å². The Kier molecular flexibility index (Phi) is 15.9. The fourth-order valence-electron chi connectivity index (χ4n) is 3.55. The van der Waals surface area contributed by atoms with Crippen molar-refractivity contribution in [1.82, 2.24) is 0 Å². The third kappa shape index (κ3) is 12.2. The maximum absolute atomic E-state index is 9.93. The Morgan fingerprint density at radius 1 is 0.893 bits per heavy atom. The Hall–Kier alpha value is -0.460. The molecule has 0 amide bonds. The van der Waals surface area contributed by atoms with Crippen molar-refractivity contribution < 1.29 is 24.8 Å². The van der Waals surface area contributed by atoms with Gasteiger partial charge in [-0.25, -0.2) is 0 Å². The predicted molar refractivity (Wildman–Crippen MR) is 113 cm³/mol.